The highest BCUT2D eigenvalue weighted by Gasteiger charge is 2.10. The van der Waals surface area contributed by atoms with Crippen LogP contribution >= 0.6 is 23.2 Å². The Bertz CT molecular complexity index is 435. The lowest BCUT2D eigenvalue weighted by molar-refractivity contribution is 0.740. The van der Waals surface area contributed by atoms with Crippen LogP contribution in [0.15, 0.2) is 30.5 Å². The Morgan fingerprint density at radius 2 is 2.20 bits per heavy atom. The predicted octanol–water partition coefficient (Wildman–Crippen LogP) is 4.37. The minimum atomic E-state index is 0.474. The van der Waals surface area contributed by atoms with Crippen LogP contribution < -0.4 is 0 Å². The first-order valence-electron chi connectivity index (χ1n) is 4.86. The molecule has 0 amide bonds. The van der Waals surface area contributed by atoms with E-state index in [0.29, 0.717) is 16.1 Å². The van der Waals surface area contributed by atoms with E-state index >= 15 is 0 Å². The minimum absolute atomic E-state index is 0.474. The molecule has 0 saturated heterocycles. The van der Waals surface area contributed by atoms with Gasteiger partial charge in [-0.05, 0) is 24.0 Å². The van der Waals surface area contributed by atoms with Gasteiger partial charge in [0, 0.05) is 11.8 Å². The minimum Gasteiger partial charge on any atom is -0.243 e. The van der Waals surface area contributed by atoms with Crippen LogP contribution in [0.2, 0.25) is 10.2 Å². The second-order valence-electron chi connectivity index (χ2n) is 3.72. The highest BCUT2D eigenvalue weighted by Crippen LogP contribution is 2.30. The third kappa shape index (κ3) is 2.42. The average molecular weight is 240 g/mol. The quantitative estimate of drug-likeness (QED) is 0.664. The second kappa shape index (κ2) is 4.38. The van der Waals surface area contributed by atoms with Gasteiger partial charge in [0.25, 0.3) is 0 Å². The summed E-state index contributed by atoms with van der Waals surface area (Å²) in [5.74, 6) is 0.549. The molecule has 1 unspecified atom stereocenters. The molecule has 1 aromatic heterocycles. The summed E-state index contributed by atoms with van der Waals surface area (Å²) in [6.07, 6.45) is 9.12. The number of rotatable bonds is 1. The highest BCUT2D eigenvalue weighted by atomic mass is 35.5. The van der Waals surface area contributed by atoms with Gasteiger partial charge in [-0.1, -0.05) is 48.4 Å². The summed E-state index contributed by atoms with van der Waals surface area (Å²) in [6.45, 7) is 2.18. The molecule has 1 aliphatic carbocycles. The molecule has 1 heterocycles. The predicted molar refractivity (Wildman–Crippen MR) is 65.2 cm³/mol. The van der Waals surface area contributed by atoms with Crippen molar-refractivity contribution in [3.8, 4) is 0 Å². The third-order valence-electron chi connectivity index (χ3n) is 2.40. The molecule has 0 saturated carbocycles. The Morgan fingerprint density at radius 3 is 2.93 bits per heavy atom. The molecule has 78 valence electrons. The summed E-state index contributed by atoms with van der Waals surface area (Å²) in [5, 5.41) is 1.12. The fourth-order valence-electron chi connectivity index (χ4n) is 1.65. The van der Waals surface area contributed by atoms with Crippen molar-refractivity contribution < 1.29 is 0 Å². The van der Waals surface area contributed by atoms with Gasteiger partial charge in [-0.15, -0.1) is 0 Å². The maximum Gasteiger partial charge on any atom is 0.129 e. The summed E-state index contributed by atoms with van der Waals surface area (Å²) in [6, 6.07) is 1.80. The molecule has 0 fully saturated rings. The van der Waals surface area contributed by atoms with E-state index in [0.717, 1.165) is 17.6 Å². The topological polar surface area (TPSA) is 12.9 Å². The van der Waals surface area contributed by atoms with Crippen molar-refractivity contribution in [2.45, 2.75) is 13.3 Å². The van der Waals surface area contributed by atoms with E-state index in [-0.39, 0.29) is 0 Å². The molecule has 0 spiro atoms. The molecular formula is C12H11Cl2N. The molecule has 0 aliphatic heterocycles. The average Bonchev–Trinajstić information content (AvgIpc) is 2.22. The van der Waals surface area contributed by atoms with Crippen LogP contribution in [-0.4, -0.2) is 4.98 Å². The number of hydrogen-bond donors (Lipinski definition) is 0. The third-order valence-corrected chi connectivity index (χ3v) is 2.91. The molecule has 1 atom stereocenters. The van der Waals surface area contributed by atoms with E-state index < -0.39 is 0 Å². The fourth-order valence-corrected chi connectivity index (χ4v) is 2.02. The lowest BCUT2D eigenvalue weighted by atomic mass is 9.94. The Balaban J connectivity index is 2.45. The number of hydrogen-bond acceptors (Lipinski definition) is 1. The summed E-state index contributed by atoms with van der Waals surface area (Å²) in [4.78, 5) is 3.94. The fraction of sp³-hybridized carbons (Fsp3) is 0.250. The van der Waals surface area contributed by atoms with Crippen LogP contribution in [0, 0.1) is 5.92 Å². The normalized spacial score (nSPS) is 20.2. The van der Waals surface area contributed by atoms with Gasteiger partial charge in [0.2, 0.25) is 0 Å². The second-order valence-corrected chi connectivity index (χ2v) is 4.52. The van der Waals surface area contributed by atoms with Gasteiger partial charge in [0.05, 0.1) is 5.02 Å². The van der Waals surface area contributed by atoms with E-state index in [1.54, 1.807) is 12.3 Å². The zero-order chi connectivity index (χ0) is 10.8. The largest absolute Gasteiger partial charge is 0.243 e. The molecule has 1 nitrogen and oxygen atoms in total. The molecule has 0 bridgehead atoms. The molecule has 0 radical (unpaired) electrons. The maximum atomic E-state index is 6.08. The molecule has 0 N–H and O–H groups in total. The summed E-state index contributed by atoms with van der Waals surface area (Å²) in [5.41, 5.74) is 2.09. The Kier molecular flexibility index (Phi) is 3.13. The van der Waals surface area contributed by atoms with E-state index in [2.05, 4.69) is 30.1 Å². The van der Waals surface area contributed by atoms with Crippen molar-refractivity contribution in [2.75, 3.05) is 0 Å². The number of aromatic nitrogens is 1. The van der Waals surface area contributed by atoms with Crippen molar-refractivity contribution >= 4 is 28.8 Å². The molecule has 3 heteroatoms. The maximum absolute atomic E-state index is 6.08. The van der Waals surface area contributed by atoms with Gasteiger partial charge in [0.1, 0.15) is 5.15 Å². The van der Waals surface area contributed by atoms with Gasteiger partial charge < -0.3 is 0 Å². The first-order valence-corrected chi connectivity index (χ1v) is 5.62. The number of nitrogens with zero attached hydrogens (tertiary/aromatic N) is 1. The molecular weight excluding hydrogens is 229 g/mol. The number of allylic oxidation sites excluding steroid dienone is 4. The van der Waals surface area contributed by atoms with Crippen molar-refractivity contribution in [3.63, 3.8) is 0 Å². The van der Waals surface area contributed by atoms with Gasteiger partial charge in [-0.25, -0.2) is 4.98 Å². The Hall–Kier alpha value is -0.790. The van der Waals surface area contributed by atoms with Gasteiger partial charge in [-0.3, -0.25) is 0 Å². The summed E-state index contributed by atoms with van der Waals surface area (Å²) in [7, 11) is 0. The van der Waals surface area contributed by atoms with E-state index in [9.17, 15) is 0 Å². The zero-order valence-electron chi connectivity index (χ0n) is 8.37. The molecule has 1 aliphatic rings. The monoisotopic (exact) mass is 239 g/mol. The standard InChI is InChI=1S/C12H11Cl2N/c1-8-3-2-4-9(5-8)10-6-12(14)15-7-11(10)13/h2,4-8H,3H2,1H3. The SMILES string of the molecule is CC1C=C(c2cc(Cl)ncc2Cl)C=CC1. The first-order chi connectivity index (χ1) is 7.16. The van der Waals surface area contributed by atoms with Crippen molar-refractivity contribution in [3.05, 3.63) is 46.2 Å². The van der Waals surface area contributed by atoms with E-state index in [4.69, 9.17) is 23.2 Å². The van der Waals surface area contributed by atoms with Crippen LogP contribution in [0.3, 0.4) is 0 Å². The summed E-state index contributed by atoms with van der Waals surface area (Å²) < 4.78 is 0. The molecule has 0 aromatic carbocycles. The number of halogens is 2. The smallest absolute Gasteiger partial charge is 0.129 e. The first kappa shape index (κ1) is 10.7. The highest BCUT2D eigenvalue weighted by molar-refractivity contribution is 6.33. The van der Waals surface area contributed by atoms with Gasteiger partial charge >= 0.3 is 0 Å². The molecule has 15 heavy (non-hydrogen) atoms. The van der Waals surface area contributed by atoms with Crippen LogP contribution in [0.5, 0.6) is 0 Å². The van der Waals surface area contributed by atoms with Crippen LogP contribution in [0.1, 0.15) is 18.9 Å². The molecule has 1 aromatic rings. The van der Waals surface area contributed by atoms with Crippen LogP contribution in [0.25, 0.3) is 5.57 Å². The van der Waals surface area contributed by atoms with Crippen molar-refractivity contribution in [1.29, 1.82) is 0 Å². The van der Waals surface area contributed by atoms with Crippen LogP contribution in [0.4, 0.5) is 0 Å². The number of pyridine rings is 1. The van der Waals surface area contributed by atoms with Gasteiger partial charge in [-0.2, -0.15) is 0 Å². The lowest BCUT2D eigenvalue weighted by Gasteiger charge is -2.13. The van der Waals surface area contributed by atoms with E-state index in [1.165, 1.54) is 0 Å². The lowest BCUT2D eigenvalue weighted by Crippen LogP contribution is -1.96. The van der Waals surface area contributed by atoms with Gasteiger partial charge in [0.15, 0.2) is 0 Å². The van der Waals surface area contributed by atoms with Crippen molar-refractivity contribution in [2.24, 2.45) is 5.92 Å². The molecule has 2 rings (SSSR count). The van der Waals surface area contributed by atoms with Crippen molar-refractivity contribution in [1.82, 2.24) is 4.98 Å². The Morgan fingerprint density at radius 1 is 1.40 bits per heavy atom. The zero-order valence-corrected chi connectivity index (χ0v) is 9.89. The van der Waals surface area contributed by atoms with E-state index in [1.807, 2.05) is 0 Å². The van der Waals surface area contributed by atoms with Crippen LogP contribution in [-0.2, 0) is 0 Å². The Labute approximate surface area is 99.4 Å². The summed E-state index contributed by atoms with van der Waals surface area (Å²) >= 11 is 11.9.